The van der Waals surface area contributed by atoms with Gasteiger partial charge in [-0.25, -0.2) is 9.89 Å². The molecular formula is C23H21N7O3S2. The van der Waals surface area contributed by atoms with E-state index in [1.54, 1.807) is 17.4 Å². The lowest BCUT2D eigenvalue weighted by Crippen LogP contribution is -2.42. The fourth-order valence-electron chi connectivity index (χ4n) is 3.67. The van der Waals surface area contributed by atoms with E-state index in [-0.39, 0.29) is 29.9 Å². The Labute approximate surface area is 208 Å². The second-order valence-corrected chi connectivity index (χ2v) is 9.86. The number of carbonyl (C=O) groups is 3. The van der Waals surface area contributed by atoms with E-state index < -0.39 is 6.04 Å². The molecule has 3 N–H and O–H groups in total. The van der Waals surface area contributed by atoms with E-state index in [1.807, 2.05) is 48.7 Å². The molecule has 2 aliphatic rings. The highest BCUT2D eigenvalue weighted by molar-refractivity contribution is 8.14. The third kappa shape index (κ3) is 5.03. The largest absolute Gasteiger partial charge is 0.351 e. The van der Waals surface area contributed by atoms with Crippen molar-refractivity contribution in [1.82, 2.24) is 20.4 Å². The van der Waals surface area contributed by atoms with Crippen molar-refractivity contribution in [3.63, 3.8) is 0 Å². The number of amidine groups is 2. The molecule has 178 valence electrons. The van der Waals surface area contributed by atoms with E-state index in [0.717, 1.165) is 22.3 Å². The van der Waals surface area contributed by atoms with Gasteiger partial charge < -0.3 is 10.6 Å². The molecule has 0 aliphatic carbocycles. The third-order valence-corrected chi connectivity index (χ3v) is 7.09. The van der Waals surface area contributed by atoms with Crippen LogP contribution in [-0.4, -0.2) is 55.6 Å². The highest BCUT2D eigenvalue weighted by Gasteiger charge is 2.42. The normalized spacial score (nSPS) is 16.3. The van der Waals surface area contributed by atoms with Crippen LogP contribution in [0.3, 0.4) is 0 Å². The van der Waals surface area contributed by atoms with Crippen LogP contribution < -0.4 is 10.6 Å². The molecule has 35 heavy (non-hydrogen) atoms. The Morgan fingerprint density at radius 1 is 1.20 bits per heavy atom. The zero-order valence-electron chi connectivity index (χ0n) is 18.6. The molecule has 0 radical (unpaired) electrons. The maximum absolute atomic E-state index is 13.3. The first-order valence-corrected chi connectivity index (χ1v) is 12.7. The number of nitrogens with zero attached hydrogens (tertiary/aromatic N) is 4. The van der Waals surface area contributed by atoms with Gasteiger partial charge in [0.15, 0.2) is 11.0 Å². The summed E-state index contributed by atoms with van der Waals surface area (Å²) in [5.41, 5.74) is 2.20. The van der Waals surface area contributed by atoms with Crippen molar-refractivity contribution in [2.45, 2.75) is 25.9 Å². The van der Waals surface area contributed by atoms with Crippen LogP contribution in [0.5, 0.6) is 0 Å². The Balaban J connectivity index is 1.29. The van der Waals surface area contributed by atoms with Gasteiger partial charge in [-0.15, -0.1) is 11.3 Å². The van der Waals surface area contributed by atoms with Crippen molar-refractivity contribution in [1.29, 1.82) is 0 Å². The lowest BCUT2D eigenvalue weighted by Gasteiger charge is -2.25. The molecule has 0 saturated carbocycles. The molecule has 3 amide bonds. The predicted molar refractivity (Wildman–Crippen MR) is 136 cm³/mol. The third-order valence-electron chi connectivity index (χ3n) is 5.27. The maximum atomic E-state index is 13.3. The SMILES string of the molecule is Cc1cc(NC(=O)CSC2=Nc3ccccc3C3=N[C@@H](CC(=O)NCc4cccs4)C(=O)N23)n[nH]1. The number of nitrogens with one attached hydrogen (secondary N) is 3. The Kier molecular flexibility index (Phi) is 6.47. The summed E-state index contributed by atoms with van der Waals surface area (Å²) >= 11 is 2.68. The molecule has 0 saturated heterocycles. The number of rotatable bonds is 7. The summed E-state index contributed by atoms with van der Waals surface area (Å²) in [7, 11) is 0. The summed E-state index contributed by atoms with van der Waals surface area (Å²) in [6.45, 7) is 2.25. The molecule has 2 aliphatic heterocycles. The van der Waals surface area contributed by atoms with Gasteiger partial charge in [-0.05, 0) is 30.5 Å². The number of aromatic amines is 1. The number of benzene rings is 1. The zero-order chi connectivity index (χ0) is 24.4. The highest BCUT2D eigenvalue weighted by Crippen LogP contribution is 2.34. The molecule has 1 atom stereocenters. The number of H-pyrrole nitrogens is 1. The van der Waals surface area contributed by atoms with Crippen molar-refractivity contribution in [2.75, 3.05) is 11.1 Å². The van der Waals surface area contributed by atoms with E-state index in [4.69, 9.17) is 0 Å². The van der Waals surface area contributed by atoms with Crippen LogP contribution in [-0.2, 0) is 20.9 Å². The van der Waals surface area contributed by atoms with Crippen LogP contribution in [0, 0.1) is 6.92 Å². The van der Waals surface area contributed by atoms with Gasteiger partial charge >= 0.3 is 0 Å². The quantitative estimate of drug-likeness (QED) is 0.452. The van der Waals surface area contributed by atoms with Crippen molar-refractivity contribution in [2.24, 2.45) is 9.98 Å². The van der Waals surface area contributed by atoms with Crippen molar-refractivity contribution in [3.05, 3.63) is 64.0 Å². The van der Waals surface area contributed by atoms with Gasteiger partial charge in [0.2, 0.25) is 11.8 Å². The molecule has 12 heteroatoms. The van der Waals surface area contributed by atoms with E-state index in [9.17, 15) is 14.4 Å². The van der Waals surface area contributed by atoms with Crippen LogP contribution in [0.2, 0.25) is 0 Å². The Morgan fingerprint density at radius 2 is 2.06 bits per heavy atom. The van der Waals surface area contributed by atoms with Crippen molar-refractivity contribution < 1.29 is 14.4 Å². The molecule has 0 fully saturated rings. The number of amides is 3. The first kappa shape index (κ1) is 23.0. The summed E-state index contributed by atoms with van der Waals surface area (Å²) in [6, 6.07) is 12.1. The fourth-order valence-corrected chi connectivity index (χ4v) is 5.11. The number of fused-ring (bicyclic) bond motifs is 3. The number of hydrogen-bond acceptors (Lipinski definition) is 8. The summed E-state index contributed by atoms with van der Waals surface area (Å²) in [5, 5.41) is 14.6. The Morgan fingerprint density at radius 3 is 2.83 bits per heavy atom. The average molecular weight is 508 g/mol. The molecule has 5 rings (SSSR count). The first-order chi connectivity index (χ1) is 17.0. The number of thioether (sulfide) groups is 1. The van der Waals surface area contributed by atoms with Crippen LogP contribution in [0.25, 0.3) is 0 Å². The predicted octanol–water partition coefficient (Wildman–Crippen LogP) is 2.82. The number of para-hydroxylation sites is 1. The van der Waals surface area contributed by atoms with E-state index in [0.29, 0.717) is 34.6 Å². The van der Waals surface area contributed by atoms with Crippen molar-refractivity contribution >= 4 is 63.3 Å². The Bertz CT molecular complexity index is 1350. The molecular weight excluding hydrogens is 486 g/mol. The summed E-state index contributed by atoms with van der Waals surface area (Å²) < 4.78 is 0. The summed E-state index contributed by atoms with van der Waals surface area (Å²) in [5.74, 6) is 0.0254. The molecule has 0 unspecified atom stereocenters. The molecule has 0 bridgehead atoms. The zero-order valence-corrected chi connectivity index (χ0v) is 20.3. The highest BCUT2D eigenvalue weighted by atomic mass is 32.2. The van der Waals surface area contributed by atoms with Crippen LogP contribution in [0.4, 0.5) is 11.5 Å². The van der Waals surface area contributed by atoms with Gasteiger partial charge in [-0.3, -0.25) is 24.5 Å². The number of aryl methyl sites for hydroxylation is 1. The second kappa shape index (κ2) is 9.84. The number of aromatic nitrogens is 2. The molecule has 3 aromatic rings. The van der Waals surface area contributed by atoms with Gasteiger partial charge in [-0.1, -0.05) is 30.0 Å². The van der Waals surface area contributed by atoms with Gasteiger partial charge in [0.1, 0.15) is 11.9 Å². The molecule has 2 aromatic heterocycles. The van der Waals surface area contributed by atoms with Gasteiger partial charge in [0, 0.05) is 22.2 Å². The Hall–Kier alpha value is -3.77. The minimum atomic E-state index is -0.855. The summed E-state index contributed by atoms with van der Waals surface area (Å²) in [6.07, 6.45) is -0.0662. The van der Waals surface area contributed by atoms with E-state index in [1.165, 1.54) is 4.90 Å². The fraction of sp³-hybridized carbons (Fsp3) is 0.217. The first-order valence-electron chi connectivity index (χ1n) is 10.8. The van der Waals surface area contributed by atoms with Gasteiger partial charge in [0.25, 0.3) is 5.91 Å². The minimum absolute atomic E-state index is 0.0237. The molecule has 0 spiro atoms. The van der Waals surface area contributed by atoms with Gasteiger partial charge in [-0.2, -0.15) is 5.10 Å². The molecule has 10 nitrogen and oxygen atoms in total. The van der Waals surface area contributed by atoms with Crippen molar-refractivity contribution in [3.8, 4) is 0 Å². The number of anilines is 1. The molecule has 4 heterocycles. The van der Waals surface area contributed by atoms with E-state index in [2.05, 4.69) is 30.8 Å². The van der Waals surface area contributed by atoms with Crippen LogP contribution >= 0.6 is 23.1 Å². The number of aliphatic imine (C=N–C) groups is 2. The topological polar surface area (TPSA) is 132 Å². The maximum Gasteiger partial charge on any atom is 0.259 e. The number of carbonyl (C=O) groups excluding carboxylic acids is 3. The minimum Gasteiger partial charge on any atom is -0.351 e. The molecule has 1 aromatic carbocycles. The summed E-state index contributed by atoms with van der Waals surface area (Å²) in [4.78, 5) is 49.9. The standard InChI is InChI=1S/C23H21N7O3S2/c1-13-9-18(29-28-13)27-20(32)12-35-23-26-16-7-3-2-6-15(16)21-25-17(22(33)30(21)23)10-19(31)24-11-14-5-4-8-34-14/h2-9,17H,10-12H2,1H3,(H,24,31)(H2,27,28,29,32)/t17-/m0/s1. The number of thiophene rings is 1. The lowest BCUT2D eigenvalue weighted by molar-refractivity contribution is -0.128. The second-order valence-electron chi connectivity index (χ2n) is 7.89. The van der Waals surface area contributed by atoms with Crippen LogP contribution in [0.15, 0.2) is 57.8 Å². The van der Waals surface area contributed by atoms with Gasteiger partial charge in [0.05, 0.1) is 24.4 Å². The average Bonchev–Trinajstić information content (AvgIpc) is 3.58. The van der Waals surface area contributed by atoms with Crippen LogP contribution in [0.1, 0.15) is 22.6 Å². The smallest absolute Gasteiger partial charge is 0.259 e. The monoisotopic (exact) mass is 507 g/mol. The lowest BCUT2D eigenvalue weighted by atomic mass is 10.1. The van der Waals surface area contributed by atoms with E-state index >= 15 is 0 Å². The number of hydrogen-bond donors (Lipinski definition) is 3.